The molecule has 176 valence electrons. The van der Waals surface area contributed by atoms with Crippen molar-refractivity contribution < 1.29 is 24.4 Å². The second-order valence-electron chi connectivity index (χ2n) is 7.76. The first-order valence-electron chi connectivity index (χ1n) is 10.4. The highest BCUT2D eigenvalue weighted by molar-refractivity contribution is 6.51. The van der Waals surface area contributed by atoms with Crippen LogP contribution in [0.5, 0.6) is 0 Å². The number of aliphatic hydroxyl groups excluding tert-OH is 1. The molecule has 0 aromatic heterocycles. The summed E-state index contributed by atoms with van der Waals surface area (Å²) in [6, 6.07) is 16.6. The van der Waals surface area contributed by atoms with Crippen LogP contribution in [0.3, 0.4) is 0 Å². The van der Waals surface area contributed by atoms with Crippen molar-refractivity contribution in [2.45, 2.75) is 13.0 Å². The first-order valence-corrected chi connectivity index (χ1v) is 10.7. The second kappa shape index (κ2) is 9.40. The molecule has 3 aromatic rings. The number of Topliss-reactive ketones (excluding diaryl/α,β-unsaturated/α-hetero) is 1. The number of benzene rings is 3. The highest BCUT2D eigenvalue weighted by atomic mass is 35.5. The number of non-ortho nitro benzene ring substituents is 1. The number of carbonyl (C=O) groups is 3. The van der Waals surface area contributed by atoms with Crippen LogP contribution in [0, 0.1) is 10.1 Å². The summed E-state index contributed by atoms with van der Waals surface area (Å²) in [4.78, 5) is 49.6. The molecule has 1 saturated heterocycles. The topological polar surface area (TPSA) is 130 Å². The molecule has 9 nitrogen and oxygen atoms in total. The van der Waals surface area contributed by atoms with Gasteiger partial charge in [-0.1, -0.05) is 23.7 Å². The summed E-state index contributed by atoms with van der Waals surface area (Å²) < 4.78 is 0. The summed E-state index contributed by atoms with van der Waals surface area (Å²) in [5, 5.41) is 25.5. The molecular weight excluding hydrogens is 474 g/mol. The molecule has 0 unspecified atom stereocenters. The molecule has 0 spiro atoms. The standard InChI is InChI=1S/C25H18ClN3O6/c1-14(30)27-18-9-11-19(12-10-18)28-22(16-3-2-4-20(13-16)29(34)35)21(24(32)25(28)33)23(31)15-5-7-17(26)8-6-15/h2-13,22,31H,1H3,(H,27,30)/t22-/m0/s1. The van der Waals surface area contributed by atoms with Crippen LogP contribution in [0.15, 0.2) is 78.4 Å². The Bertz CT molecular complexity index is 1380. The number of halogens is 1. The number of aliphatic hydroxyl groups is 1. The third-order valence-electron chi connectivity index (χ3n) is 5.42. The molecular formula is C25H18ClN3O6. The van der Waals surface area contributed by atoms with E-state index < -0.39 is 28.4 Å². The van der Waals surface area contributed by atoms with E-state index in [4.69, 9.17) is 11.6 Å². The van der Waals surface area contributed by atoms with E-state index in [-0.39, 0.29) is 28.3 Å². The van der Waals surface area contributed by atoms with E-state index in [1.807, 2.05) is 0 Å². The Morgan fingerprint density at radius 2 is 1.71 bits per heavy atom. The van der Waals surface area contributed by atoms with E-state index in [9.17, 15) is 29.6 Å². The Morgan fingerprint density at radius 3 is 2.31 bits per heavy atom. The van der Waals surface area contributed by atoms with Gasteiger partial charge in [-0.2, -0.15) is 0 Å². The zero-order valence-corrected chi connectivity index (χ0v) is 19.0. The zero-order valence-electron chi connectivity index (χ0n) is 18.3. The number of anilines is 2. The van der Waals surface area contributed by atoms with E-state index in [0.717, 1.165) is 0 Å². The number of nitrogens with zero attached hydrogens (tertiary/aromatic N) is 2. The molecule has 1 heterocycles. The fraction of sp³-hybridized carbons (Fsp3) is 0.0800. The molecule has 0 bridgehead atoms. The first-order chi connectivity index (χ1) is 16.7. The number of hydrogen-bond donors (Lipinski definition) is 2. The number of nitro groups is 1. The van der Waals surface area contributed by atoms with Crippen LogP contribution in [0.25, 0.3) is 5.76 Å². The summed E-state index contributed by atoms with van der Waals surface area (Å²) in [5.41, 5.74) is 0.840. The molecule has 0 saturated carbocycles. The lowest BCUT2D eigenvalue weighted by atomic mass is 9.95. The maximum Gasteiger partial charge on any atom is 0.300 e. The SMILES string of the molecule is CC(=O)Nc1ccc(N2C(=O)C(=O)C(=C(O)c3ccc(Cl)cc3)[C@@H]2c2cccc([N+](=O)[O-])c2)cc1. The highest BCUT2D eigenvalue weighted by Crippen LogP contribution is 2.43. The molecule has 1 atom stereocenters. The minimum atomic E-state index is -1.14. The van der Waals surface area contributed by atoms with Crippen molar-refractivity contribution in [2.75, 3.05) is 10.2 Å². The van der Waals surface area contributed by atoms with Crippen LogP contribution >= 0.6 is 11.6 Å². The molecule has 2 N–H and O–H groups in total. The Labute approximate surface area is 204 Å². The third-order valence-corrected chi connectivity index (χ3v) is 5.68. The van der Waals surface area contributed by atoms with Gasteiger partial charge in [0.05, 0.1) is 16.5 Å². The number of nitrogens with one attached hydrogen (secondary N) is 1. The molecule has 0 radical (unpaired) electrons. The summed E-state index contributed by atoms with van der Waals surface area (Å²) in [6.45, 7) is 1.35. The number of carbonyl (C=O) groups excluding carboxylic acids is 3. The van der Waals surface area contributed by atoms with Crippen molar-refractivity contribution in [1.82, 2.24) is 0 Å². The normalized spacial score (nSPS) is 16.9. The number of amides is 2. The molecule has 4 rings (SSSR count). The largest absolute Gasteiger partial charge is 0.507 e. The van der Waals surface area contributed by atoms with Crippen LogP contribution < -0.4 is 10.2 Å². The molecule has 1 aliphatic rings. The Morgan fingerprint density at radius 1 is 1.06 bits per heavy atom. The van der Waals surface area contributed by atoms with E-state index in [0.29, 0.717) is 16.4 Å². The Balaban J connectivity index is 1.90. The van der Waals surface area contributed by atoms with E-state index >= 15 is 0 Å². The Kier molecular flexibility index (Phi) is 6.35. The van der Waals surface area contributed by atoms with Gasteiger partial charge in [-0.15, -0.1) is 0 Å². The lowest BCUT2D eigenvalue weighted by Crippen LogP contribution is -2.29. The summed E-state index contributed by atoms with van der Waals surface area (Å²) >= 11 is 5.93. The lowest BCUT2D eigenvalue weighted by molar-refractivity contribution is -0.384. The van der Waals surface area contributed by atoms with Gasteiger partial charge < -0.3 is 10.4 Å². The Hall–Kier alpha value is -4.50. The summed E-state index contributed by atoms with van der Waals surface area (Å²) in [7, 11) is 0. The number of nitro benzene ring substituents is 1. The fourth-order valence-electron chi connectivity index (χ4n) is 3.89. The molecule has 0 aliphatic carbocycles. The highest BCUT2D eigenvalue weighted by Gasteiger charge is 2.47. The second-order valence-corrected chi connectivity index (χ2v) is 8.19. The van der Waals surface area contributed by atoms with Crippen molar-refractivity contribution in [2.24, 2.45) is 0 Å². The van der Waals surface area contributed by atoms with Crippen LogP contribution in [0.1, 0.15) is 24.1 Å². The van der Waals surface area contributed by atoms with Gasteiger partial charge in [0, 0.05) is 41.0 Å². The van der Waals surface area contributed by atoms with E-state index in [2.05, 4.69) is 5.32 Å². The number of ketones is 1. The van der Waals surface area contributed by atoms with Gasteiger partial charge in [0.2, 0.25) is 5.91 Å². The van der Waals surface area contributed by atoms with Crippen LogP contribution in [0.4, 0.5) is 17.1 Å². The van der Waals surface area contributed by atoms with Crippen molar-refractivity contribution in [1.29, 1.82) is 0 Å². The van der Waals surface area contributed by atoms with E-state index in [1.165, 1.54) is 72.5 Å². The fourth-order valence-corrected chi connectivity index (χ4v) is 4.02. The van der Waals surface area contributed by atoms with Gasteiger partial charge in [-0.3, -0.25) is 29.4 Å². The van der Waals surface area contributed by atoms with Crippen LogP contribution in [-0.2, 0) is 14.4 Å². The summed E-state index contributed by atoms with van der Waals surface area (Å²) in [6.07, 6.45) is 0. The minimum Gasteiger partial charge on any atom is -0.507 e. The number of hydrogen-bond acceptors (Lipinski definition) is 6. The molecule has 3 aromatic carbocycles. The molecule has 35 heavy (non-hydrogen) atoms. The van der Waals surface area contributed by atoms with Crippen molar-refractivity contribution in [3.05, 3.63) is 105 Å². The van der Waals surface area contributed by atoms with Gasteiger partial charge in [0.25, 0.3) is 17.4 Å². The maximum absolute atomic E-state index is 13.2. The zero-order chi connectivity index (χ0) is 25.3. The van der Waals surface area contributed by atoms with Crippen molar-refractivity contribution in [3.63, 3.8) is 0 Å². The minimum absolute atomic E-state index is 0.219. The quantitative estimate of drug-likeness (QED) is 0.173. The van der Waals surface area contributed by atoms with Gasteiger partial charge in [-0.25, -0.2) is 0 Å². The van der Waals surface area contributed by atoms with Crippen molar-refractivity contribution >= 4 is 52.0 Å². The average Bonchev–Trinajstić information content (AvgIpc) is 3.10. The maximum atomic E-state index is 13.2. The van der Waals surface area contributed by atoms with Crippen LogP contribution in [0.2, 0.25) is 5.02 Å². The first kappa shape index (κ1) is 23.7. The average molecular weight is 492 g/mol. The predicted octanol–water partition coefficient (Wildman–Crippen LogP) is 4.83. The molecule has 1 fully saturated rings. The lowest BCUT2D eigenvalue weighted by Gasteiger charge is -2.25. The van der Waals surface area contributed by atoms with Crippen LogP contribution in [-0.4, -0.2) is 27.6 Å². The van der Waals surface area contributed by atoms with Gasteiger partial charge >= 0.3 is 0 Å². The smallest absolute Gasteiger partial charge is 0.300 e. The van der Waals surface area contributed by atoms with Gasteiger partial charge in [0.15, 0.2) is 0 Å². The van der Waals surface area contributed by atoms with E-state index in [1.54, 1.807) is 12.1 Å². The molecule has 2 amide bonds. The predicted molar refractivity (Wildman–Crippen MR) is 130 cm³/mol. The molecule has 1 aliphatic heterocycles. The third kappa shape index (κ3) is 4.62. The summed E-state index contributed by atoms with van der Waals surface area (Å²) in [5.74, 6) is -2.57. The monoisotopic (exact) mass is 491 g/mol. The van der Waals surface area contributed by atoms with Gasteiger partial charge in [-0.05, 0) is 54.1 Å². The molecule has 10 heteroatoms. The van der Waals surface area contributed by atoms with Gasteiger partial charge in [0.1, 0.15) is 5.76 Å². The number of rotatable bonds is 5. The van der Waals surface area contributed by atoms with Crippen molar-refractivity contribution in [3.8, 4) is 0 Å².